The van der Waals surface area contributed by atoms with Crippen LogP contribution >= 0.6 is 11.8 Å². The van der Waals surface area contributed by atoms with Gasteiger partial charge in [-0.3, -0.25) is 4.79 Å². The van der Waals surface area contributed by atoms with E-state index in [-0.39, 0.29) is 11.2 Å². The van der Waals surface area contributed by atoms with E-state index in [4.69, 9.17) is 9.47 Å². The molecular weight excluding hydrogens is 310 g/mol. The minimum atomic E-state index is -0.179. The zero-order valence-corrected chi connectivity index (χ0v) is 13.8. The second-order valence-corrected chi connectivity index (χ2v) is 6.68. The van der Waals surface area contributed by atoms with Crippen molar-refractivity contribution < 1.29 is 14.3 Å². The number of hydrogen-bond donors (Lipinski definition) is 1. The molecule has 0 fully saturated rings. The predicted molar refractivity (Wildman–Crippen MR) is 91.0 cm³/mol. The maximum atomic E-state index is 12.2. The largest absolute Gasteiger partial charge is 0.486 e. The second-order valence-electron chi connectivity index (χ2n) is 5.27. The van der Waals surface area contributed by atoms with Crippen LogP contribution in [0.5, 0.6) is 11.5 Å². The van der Waals surface area contributed by atoms with Crippen molar-refractivity contribution in [1.82, 2.24) is 5.32 Å². The van der Waals surface area contributed by atoms with Crippen LogP contribution in [0.15, 0.2) is 53.4 Å². The van der Waals surface area contributed by atoms with E-state index in [1.54, 1.807) is 0 Å². The lowest BCUT2D eigenvalue weighted by Crippen LogP contribution is -2.30. The summed E-state index contributed by atoms with van der Waals surface area (Å²) in [6.07, 6.45) is 0. The third-order valence-electron chi connectivity index (χ3n) is 3.51. The van der Waals surface area contributed by atoms with E-state index < -0.39 is 0 Å². The van der Waals surface area contributed by atoms with Gasteiger partial charge in [0.15, 0.2) is 11.5 Å². The molecule has 1 heterocycles. The molecule has 1 N–H and O–H groups in total. The molecule has 1 atom stereocenters. The van der Waals surface area contributed by atoms with E-state index >= 15 is 0 Å². The summed E-state index contributed by atoms with van der Waals surface area (Å²) in [5.41, 5.74) is 1.09. The Morgan fingerprint density at radius 1 is 1.13 bits per heavy atom. The number of benzene rings is 2. The molecule has 1 unspecified atom stereocenters. The van der Waals surface area contributed by atoms with Gasteiger partial charge in [0.2, 0.25) is 5.91 Å². The standard InChI is InChI=1S/C18H19NO3S/c1-13(18(20)19-12-14-5-3-2-4-6-14)23-15-7-8-16-17(11-15)22-10-9-21-16/h2-8,11,13H,9-10,12H2,1H3,(H,19,20). The molecule has 1 amide bonds. The van der Waals surface area contributed by atoms with Crippen LogP contribution in [0.4, 0.5) is 0 Å². The number of ether oxygens (including phenoxy) is 2. The molecule has 2 aromatic carbocycles. The highest BCUT2D eigenvalue weighted by molar-refractivity contribution is 8.00. The first-order valence-corrected chi connectivity index (χ1v) is 8.48. The van der Waals surface area contributed by atoms with E-state index in [0.29, 0.717) is 19.8 Å². The molecule has 0 aromatic heterocycles. The van der Waals surface area contributed by atoms with Gasteiger partial charge in [-0.25, -0.2) is 0 Å². The fraction of sp³-hybridized carbons (Fsp3) is 0.278. The van der Waals surface area contributed by atoms with Crippen LogP contribution in [0.1, 0.15) is 12.5 Å². The third kappa shape index (κ3) is 4.20. The molecule has 0 saturated heterocycles. The van der Waals surface area contributed by atoms with E-state index in [2.05, 4.69) is 5.32 Å². The molecular formula is C18H19NO3S. The van der Waals surface area contributed by atoms with Crippen molar-refractivity contribution >= 4 is 17.7 Å². The van der Waals surface area contributed by atoms with Gasteiger partial charge in [0.1, 0.15) is 13.2 Å². The average Bonchev–Trinajstić information content (AvgIpc) is 2.60. The van der Waals surface area contributed by atoms with Crippen molar-refractivity contribution in [3.8, 4) is 11.5 Å². The van der Waals surface area contributed by atoms with Crippen LogP contribution in [0.25, 0.3) is 0 Å². The molecule has 23 heavy (non-hydrogen) atoms. The third-order valence-corrected chi connectivity index (χ3v) is 4.60. The Labute approximate surface area is 140 Å². The highest BCUT2D eigenvalue weighted by Crippen LogP contribution is 2.35. The lowest BCUT2D eigenvalue weighted by Gasteiger charge is -2.19. The van der Waals surface area contributed by atoms with Gasteiger partial charge in [0.05, 0.1) is 5.25 Å². The molecule has 2 aromatic rings. The van der Waals surface area contributed by atoms with E-state index in [0.717, 1.165) is 22.0 Å². The summed E-state index contributed by atoms with van der Waals surface area (Å²) >= 11 is 1.51. The first-order chi connectivity index (χ1) is 11.2. The highest BCUT2D eigenvalue weighted by atomic mass is 32.2. The highest BCUT2D eigenvalue weighted by Gasteiger charge is 2.17. The molecule has 1 aliphatic rings. The summed E-state index contributed by atoms with van der Waals surface area (Å²) in [7, 11) is 0. The fourth-order valence-corrected chi connectivity index (χ4v) is 3.20. The maximum Gasteiger partial charge on any atom is 0.233 e. The van der Waals surface area contributed by atoms with Crippen molar-refractivity contribution in [1.29, 1.82) is 0 Å². The van der Waals surface area contributed by atoms with Crippen LogP contribution in [-0.4, -0.2) is 24.4 Å². The van der Waals surface area contributed by atoms with E-state index in [9.17, 15) is 4.79 Å². The van der Waals surface area contributed by atoms with Crippen molar-refractivity contribution in [2.24, 2.45) is 0 Å². The van der Waals surface area contributed by atoms with Gasteiger partial charge in [-0.05, 0) is 30.7 Å². The number of thioether (sulfide) groups is 1. The summed E-state index contributed by atoms with van der Waals surface area (Å²) < 4.78 is 11.1. The van der Waals surface area contributed by atoms with Crippen LogP contribution in [0.2, 0.25) is 0 Å². The Morgan fingerprint density at radius 2 is 1.87 bits per heavy atom. The summed E-state index contributed by atoms with van der Waals surface area (Å²) in [5.74, 6) is 1.54. The summed E-state index contributed by atoms with van der Waals surface area (Å²) in [4.78, 5) is 13.2. The van der Waals surface area contributed by atoms with Gasteiger partial charge < -0.3 is 14.8 Å². The minimum absolute atomic E-state index is 0.0220. The molecule has 1 aliphatic heterocycles. The van der Waals surface area contributed by atoms with Gasteiger partial charge in [0, 0.05) is 11.4 Å². The van der Waals surface area contributed by atoms with Crippen LogP contribution in [0, 0.1) is 0 Å². The van der Waals surface area contributed by atoms with E-state index in [1.165, 1.54) is 11.8 Å². The van der Waals surface area contributed by atoms with Crippen molar-refractivity contribution in [3.05, 3.63) is 54.1 Å². The van der Waals surface area contributed by atoms with Gasteiger partial charge in [0.25, 0.3) is 0 Å². The summed E-state index contributed by atoms with van der Waals surface area (Å²) in [6, 6.07) is 15.7. The zero-order chi connectivity index (χ0) is 16.1. The van der Waals surface area contributed by atoms with Crippen LogP contribution < -0.4 is 14.8 Å². The maximum absolute atomic E-state index is 12.2. The Balaban J connectivity index is 1.55. The molecule has 0 aliphatic carbocycles. The molecule has 120 valence electrons. The minimum Gasteiger partial charge on any atom is -0.486 e. The predicted octanol–water partition coefficient (Wildman–Crippen LogP) is 3.25. The number of carbonyl (C=O) groups excluding carboxylic acids is 1. The van der Waals surface area contributed by atoms with Crippen LogP contribution in [0.3, 0.4) is 0 Å². The lowest BCUT2D eigenvalue weighted by atomic mass is 10.2. The van der Waals surface area contributed by atoms with Crippen molar-refractivity contribution in [2.75, 3.05) is 13.2 Å². The molecule has 0 bridgehead atoms. The van der Waals surface area contributed by atoms with E-state index in [1.807, 2.05) is 55.5 Å². The topological polar surface area (TPSA) is 47.6 Å². The van der Waals surface area contributed by atoms with Gasteiger partial charge in [-0.15, -0.1) is 11.8 Å². The molecule has 3 rings (SSSR count). The number of amides is 1. The summed E-state index contributed by atoms with van der Waals surface area (Å²) in [6.45, 7) is 3.60. The monoisotopic (exact) mass is 329 g/mol. The molecule has 4 nitrogen and oxygen atoms in total. The quantitative estimate of drug-likeness (QED) is 0.856. The van der Waals surface area contributed by atoms with Gasteiger partial charge >= 0.3 is 0 Å². The lowest BCUT2D eigenvalue weighted by molar-refractivity contribution is -0.120. The van der Waals surface area contributed by atoms with Crippen molar-refractivity contribution in [2.45, 2.75) is 23.6 Å². The Morgan fingerprint density at radius 3 is 2.65 bits per heavy atom. The number of hydrogen-bond acceptors (Lipinski definition) is 4. The number of rotatable bonds is 5. The molecule has 0 radical (unpaired) electrons. The number of nitrogens with one attached hydrogen (secondary N) is 1. The Hall–Kier alpha value is -2.14. The zero-order valence-electron chi connectivity index (χ0n) is 13.0. The van der Waals surface area contributed by atoms with Crippen LogP contribution in [-0.2, 0) is 11.3 Å². The summed E-state index contributed by atoms with van der Waals surface area (Å²) in [5, 5.41) is 2.79. The Kier molecular flexibility index (Phi) is 5.08. The first kappa shape index (κ1) is 15.7. The Bertz CT molecular complexity index is 675. The number of fused-ring (bicyclic) bond motifs is 1. The molecule has 0 saturated carbocycles. The molecule has 5 heteroatoms. The molecule has 0 spiro atoms. The fourth-order valence-electron chi connectivity index (χ4n) is 2.28. The van der Waals surface area contributed by atoms with Crippen molar-refractivity contribution in [3.63, 3.8) is 0 Å². The van der Waals surface area contributed by atoms with Gasteiger partial charge in [-0.2, -0.15) is 0 Å². The van der Waals surface area contributed by atoms with Gasteiger partial charge in [-0.1, -0.05) is 30.3 Å². The smallest absolute Gasteiger partial charge is 0.233 e. The first-order valence-electron chi connectivity index (χ1n) is 7.60. The second kappa shape index (κ2) is 7.42. The average molecular weight is 329 g/mol. The number of carbonyl (C=O) groups is 1. The normalized spacial score (nSPS) is 14.1. The SMILES string of the molecule is CC(Sc1ccc2c(c1)OCCO2)C(=O)NCc1ccccc1.